The summed E-state index contributed by atoms with van der Waals surface area (Å²) >= 11 is 0. The van der Waals surface area contributed by atoms with Gasteiger partial charge in [0.25, 0.3) is 0 Å². The van der Waals surface area contributed by atoms with Gasteiger partial charge in [0.15, 0.2) is 0 Å². The van der Waals surface area contributed by atoms with E-state index in [9.17, 15) is 0 Å². The first-order valence-corrected chi connectivity index (χ1v) is 15.2. The average molecular weight is 579 g/mol. The number of para-hydroxylation sites is 5. The molecule has 4 heteroatoms. The molecule has 2 aromatic heterocycles. The molecule has 8 rings (SSSR count). The Labute approximate surface area is 262 Å². The fourth-order valence-electron chi connectivity index (χ4n) is 6.22. The van der Waals surface area contributed by atoms with E-state index in [1.54, 1.807) is 0 Å². The molecule has 214 valence electrons. The lowest BCUT2D eigenvalue weighted by Crippen LogP contribution is -1.98. The van der Waals surface area contributed by atoms with Gasteiger partial charge in [-0.1, -0.05) is 103 Å². The number of imidazole rings is 1. The number of rotatable bonds is 5. The molecular formula is C41H30N4. The Morgan fingerprint density at radius 2 is 0.956 bits per heavy atom. The van der Waals surface area contributed by atoms with Gasteiger partial charge in [-0.3, -0.25) is 4.57 Å². The fraction of sp³-hybridized carbons (Fsp3) is 0.0488. The smallest absolute Gasteiger partial charge is 0.145 e. The highest BCUT2D eigenvalue weighted by Gasteiger charge is 2.18. The first-order valence-electron chi connectivity index (χ1n) is 15.2. The zero-order valence-electron chi connectivity index (χ0n) is 25.1. The van der Waals surface area contributed by atoms with Crippen molar-refractivity contribution in [2.24, 2.45) is 0 Å². The summed E-state index contributed by atoms with van der Waals surface area (Å²) in [7, 11) is 0. The Balaban J connectivity index is 1.21. The second-order valence-corrected chi connectivity index (χ2v) is 11.4. The number of hydrogen-bond acceptors (Lipinski definition) is 3. The minimum absolute atomic E-state index is 0.894. The number of benzene rings is 6. The van der Waals surface area contributed by atoms with E-state index in [4.69, 9.17) is 15.0 Å². The summed E-state index contributed by atoms with van der Waals surface area (Å²) in [6.45, 7) is 4.35. The van der Waals surface area contributed by atoms with Crippen LogP contribution in [-0.4, -0.2) is 19.5 Å². The van der Waals surface area contributed by atoms with Gasteiger partial charge in [-0.2, -0.15) is 0 Å². The predicted octanol–water partition coefficient (Wildman–Crippen LogP) is 10.3. The zero-order chi connectivity index (χ0) is 30.3. The highest BCUT2D eigenvalue weighted by atomic mass is 15.1. The summed E-state index contributed by atoms with van der Waals surface area (Å²) < 4.78 is 2.24. The van der Waals surface area contributed by atoms with Gasteiger partial charge in [0.1, 0.15) is 5.82 Å². The van der Waals surface area contributed by atoms with E-state index in [1.165, 1.54) is 16.7 Å². The second kappa shape index (κ2) is 11.0. The molecule has 0 fully saturated rings. The van der Waals surface area contributed by atoms with Crippen LogP contribution in [0.15, 0.2) is 146 Å². The van der Waals surface area contributed by atoms with E-state index in [0.717, 1.165) is 67.2 Å². The molecule has 0 spiro atoms. The summed E-state index contributed by atoms with van der Waals surface area (Å²) in [6, 6.07) is 50.5. The molecule has 0 amide bonds. The molecule has 45 heavy (non-hydrogen) atoms. The van der Waals surface area contributed by atoms with Gasteiger partial charge in [0.05, 0.1) is 33.5 Å². The minimum Gasteiger partial charge on any atom is -0.292 e. The van der Waals surface area contributed by atoms with Crippen LogP contribution in [0.4, 0.5) is 0 Å². The molecule has 4 nitrogen and oxygen atoms in total. The average Bonchev–Trinajstić information content (AvgIpc) is 3.49. The maximum atomic E-state index is 5.15. The van der Waals surface area contributed by atoms with Gasteiger partial charge < -0.3 is 0 Å². The normalized spacial score (nSPS) is 11.3. The summed E-state index contributed by atoms with van der Waals surface area (Å²) in [5.41, 5.74) is 14.7. The van der Waals surface area contributed by atoms with Gasteiger partial charge in [0, 0.05) is 22.4 Å². The van der Waals surface area contributed by atoms with E-state index in [2.05, 4.69) is 122 Å². The van der Waals surface area contributed by atoms with Crippen LogP contribution in [0.3, 0.4) is 0 Å². The van der Waals surface area contributed by atoms with Crippen molar-refractivity contribution in [2.75, 3.05) is 0 Å². The number of hydrogen-bond donors (Lipinski definition) is 0. The standard InChI is InChI=1S/C41H30N4/c1-27-26-34(40-39(30-13-5-3-6-14-30)42-35-17-9-10-18-36(35)43-40)28(2)25-33(27)29-21-23-31(24-22-29)41-44-37-19-11-12-20-38(37)45(41)32-15-7-4-8-16-32/h3-26H,1-2H3. The molecule has 6 aromatic carbocycles. The van der Waals surface area contributed by atoms with E-state index in [1.807, 2.05) is 42.5 Å². The monoisotopic (exact) mass is 578 g/mol. The van der Waals surface area contributed by atoms with Crippen molar-refractivity contribution in [2.45, 2.75) is 13.8 Å². The molecule has 0 unspecified atom stereocenters. The van der Waals surface area contributed by atoms with Crippen molar-refractivity contribution < 1.29 is 0 Å². The Kier molecular flexibility index (Phi) is 6.54. The molecule has 0 radical (unpaired) electrons. The molecule has 0 aliphatic carbocycles. The number of aryl methyl sites for hydroxylation is 2. The molecule has 0 saturated carbocycles. The van der Waals surface area contributed by atoms with Crippen molar-refractivity contribution in [3.8, 4) is 50.7 Å². The van der Waals surface area contributed by atoms with Gasteiger partial charge in [-0.05, 0) is 78.6 Å². The van der Waals surface area contributed by atoms with Crippen LogP contribution in [0, 0.1) is 13.8 Å². The van der Waals surface area contributed by atoms with Crippen LogP contribution < -0.4 is 0 Å². The second-order valence-electron chi connectivity index (χ2n) is 11.4. The molecule has 0 atom stereocenters. The van der Waals surface area contributed by atoms with Gasteiger partial charge >= 0.3 is 0 Å². The van der Waals surface area contributed by atoms with E-state index in [-0.39, 0.29) is 0 Å². The predicted molar refractivity (Wildman–Crippen MR) is 185 cm³/mol. The van der Waals surface area contributed by atoms with Crippen molar-refractivity contribution in [1.82, 2.24) is 19.5 Å². The Morgan fingerprint density at radius 3 is 1.67 bits per heavy atom. The highest BCUT2D eigenvalue weighted by Crippen LogP contribution is 2.37. The third-order valence-corrected chi connectivity index (χ3v) is 8.47. The Hall–Kier alpha value is -5.87. The van der Waals surface area contributed by atoms with Crippen LogP contribution in [0.2, 0.25) is 0 Å². The lowest BCUT2D eigenvalue weighted by molar-refractivity contribution is 1.10. The van der Waals surface area contributed by atoms with Crippen LogP contribution in [0.1, 0.15) is 11.1 Å². The van der Waals surface area contributed by atoms with Crippen molar-refractivity contribution >= 4 is 22.1 Å². The summed E-state index contributed by atoms with van der Waals surface area (Å²) in [5.74, 6) is 0.931. The maximum Gasteiger partial charge on any atom is 0.145 e. The molecule has 2 heterocycles. The topological polar surface area (TPSA) is 43.6 Å². The molecule has 8 aromatic rings. The molecule has 0 N–H and O–H groups in total. The maximum absolute atomic E-state index is 5.15. The number of aromatic nitrogens is 4. The van der Waals surface area contributed by atoms with Crippen LogP contribution in [-0.2, 0) is 0 Å². The van der Waals surface area contributed by atoms with E-state index in [0.29, 0.717) is 0 Å². The van der Waals surface area contributed by atoms with Crippen LogP contribution >= 0.6 is 0 Å². The highest BCUT2D eigenvalue weighted by molar-refractivity contribution is 5.89. The van der Waals surface area contributed by atoms with Crippen molar-refractivity contribution in [1.29, 1.82) is 0 Å². The van der Waals surface area contributed by atoms with Crippen LogP contribution in [0.5, 0.6) is 0 Å². The zero-order valence-corrected chi connectivity index (χ0v) is 25.1. The molecule has 0 aliphatic rings. The van der Waals surface area contributed by atoms with Crippen molar-refractivity contribution in [3.63, 3.8) is 0 Å². The van der Waals surface area contributed by atoms with Gasteiger partial charge in [-0.15, -0.1) is 0 Å². The minimum atomic E-state index is 0.894. The van der Waals surface area contributed by atoms with Gasteiger partial charge in [-0.25, -0.2) is 15.0 Å². The lowest BCUT2D eigenvalue weighted by Gasteiger charge is -2.16. The van der Waals surface area contributed by atoms with E-state index >= 15 is 0 Å². The third kappa shape index (κ3) is 4.77. The van der Waals surface area contributed by atoms with Gasteiger partial charge in [0.2, 0.25) is 0 Å². The molecular weight excluding hydrogens is 548 g/mol. The Bertz CT molecular complexity index is 2320. The fourth-order valence-corrected chi connectivity index (χ4v) is 6.22. The molecule has 0 bridgehead atoms. The molecule has 0 saturated heterocycles. The number of nitrogens with zero attached hydrogens (tertiary/aromatic N) is 4. The number of fused-ring (bicyclic) bond motifs is 2. The van der Waals surface area contributed by atoms with E-state index < -0.39 is 0 Å². The SMILES string of the molecule is Cc1cc(-c2nc3ccccc3nc2-c2ccccc2)c(C)cc1-c1ccc(-c2nc3ccccc3n2-c2ccccc2)cc1. The van der Waals surface area contributed by atoms with Crippen molar-refractivity contribution in [3.05, 3.63) is 157 Å². The van der Waals surface area contributed by atoms with Crippen LogP contribution in [0.25, 0.3) is 72.8 Å². The summed E-state index contributed by atoms with van der Waals surface area (Å²) in [6.07, 6.45) is 0. The third-order valence-electron chi connectivity index (χ3n) is 8.47. The Morgan fingerprint density at radius 1 is 0.422 bits per heavy atom. The summed E-state index contributed by atoms with van der Waals surface area (Å²) in [5, 5.41) is 0. The lowest BCUT2D eigenvalue weighted by atomic mass is 9.92. The largest absolute Gasteiger partial charge is 0.292 e. The first kappa shape index (κ1) is 26.7. The molecule has 0 aliphatic heterocycles. The quantitative estimate of drug-likeness (QED) is 0.204. The first-order chi connectivity index (χ1) is 22.1. The summed E-state index contributed by atoms with van der Waals surface area (Å²) in [4.78, 5) is 15.3.